The van der Waals surface area contributed by atoms with E-state index in [1.54, 1.807) is 6.92 Å². The van der Waals surface area contributed by atoms with Gasteiger partial charge in [0.2, 0.25) is 0 Å². The molecule has 0 atom stereocenters. The fourth-order valence-electron chi connectivity index (χ4n) is 0.858. The van der Waals surface area contributed by atoms with Gasteiger partial charge in [-0.2, -0.15) is 0 Å². The molecule has 0 aliphatic carbocycles. The Morgan fingerprint density at radius 3 is 1.71 bits per heavy atom. The number of rotatable bonds is 9. The van der Waals surface area contributed by atoms with Gasteiger partial charge in [-0.05, 0) is 27.9 Å². The smallest absolute Gasteiger partial charge is 0.461 e. The Balaban J connectivity index is 0. The lowest BCUT2D eigenvalue weighted by atomic mass is 10.4. The third-order valence-electron chi connectivity index (χ3n) is 2.04. The molecule has 140 valence electrons. The number of carbonyl (C=O) groups is 2. The Morgan fingerprint density at radius 2 is 1.38 bits per heavy atom. The fraction of sp³-hybridized carbons (Fsp3) is 0.571. The molecule has 0 aliphatic rings. The highest BCUT2D eigenvalue weighted by molar-refractivity contribution is 7.46. The van der Waals surface area contributed by atoms with E-state index in [2.05, 4.69) is 22.4 Å². The number of nitrogens with zero attached hydrogens (tertiary/aromatic N) is 1. The number of esters is 2. The lowest BCUT2D eigenvalue weighted by molar-refractivity contribution is -0.140. The molecule has 0 saturated carbocycles. The minimum absolute atomic E-state index is 0.212. The lowest BCUT2D eigenvalue weighted by Crippen LogP contribution is -2.20. The Hall–Kier alpha value is -1.51. The molecule has 0 fully saturated rings. The highest BCUT2D eigenvalue weighted by atomic mass is 31.2. The minimum atomic E-state index is -4.46. The van der Waals surface area contributed by atoms with E-state index >= 15 is 0 Å². The van der Waals surface area contributed by atoms with Gasteiger partial charge in [-0.3, -0.25) is 4.52 Å². The molecule has 0 bridgehead atoms. The van der Waals surface area contributed by atoms with Crippen LogP contribution in [0.2, 0.25) is 0 Å². The predicted octanol–water partition coefficient (Wildman–Crippen LogP) is 0.882. The van der Waals surface area contributed by atoms with Gasteiger partial charge in [-0.15, -0.1) is 0 Å². The van der Waals surface area contributed by atoms with Crippen LogP contribution in [0.1, 0.15) is 13.8 Å². The van der Waals surface area contributed by atoms with Crippen LogP contribution in [0.4, 0.5) is 0 Å². The van der Waals surface area contributed by atoms with Crippen molar-refractivity contribution in [1.29, 1.82) is 0 Å². The summed E-state index contributed by atoms with van der Waals surface area (Å²) in [5.41, 5.74) is 0.667. The third-order valence-corrected chi connectivity index (χ3v) is 2.56. The van der Waals surface area contributed by atoms with Crippen LogP contribution in [-0.2, 0) is 28.2 Å². The first-order valence-electron chi connectivity index (χ1n) is 6.87. The van der Waals surface area contributed by atoms with E-state index in [1.165, 1.54) is 6.92 Å². The fourth-order valence-corrected chi connectivity index (χ4v) is 1.17. The maximum absolute atomic E-state index is 10.8. The zero-order chi connectivity index (χ0) is 19.3. The predicted molar refractivity (Wildman–Crippen MR) is 88.1 cm³/mol. The molecular formula is C14H26NO8P. The van der Waals surface area contributed by atoms with Crippen LogP contribution >= 0.6 is 7.82 Å². The van der Waals surface area contributed by atoms with Crippen molar-refractivity contribution in [1.82, 2.24) is 4.90 Å². The standard InChI is InChI=1S/C8H15NO2.C6H11O6P/c1-7(2)8(10)11-6-5-9(3)4;1-5(2)6(7)11-3-4-12-13(8,9)10/h1,5-6H2,2-4H3;1,3-4H2,2H3,(H2,8,9,10). The molecule has 0 amide bonds. The zero-order valence-electron chi connectivity index (χ0n) is 14.5. The van der Waals surface area contributed by atoms with E-state index in [4.69, 9.17) is 14.5 Å². The molecular weight excluding hydrogens is 341 g/mol. The van der Waals surface area contributed by atoms with Gasteiger partial charge in [0.15, 0.2) is 0 Å². The van der Waals surface area contributed by atoms with Crippen LogP contribution in [-0.4, -0.2) is 67.1 Å². The Morgan fingerprint density at radius 1 is 0.958 bits per heavy atom. The summed E-state index contributed by atoms with van der Waals surface area (Å²) in [6, 6.07) is 0. The molecule has 0 saturated heterocycles. The molecule has 0 radical (unpaired) electrons. The maximum Gasteiger partial charge on any atom is 0.469 e. The minimum Gasteiger partial charge on any atom is -0.461 e. The van der Waals surface area contributed by atoms with Gasteiger partial charge >= 0.3 is 19.8 Å². The van der Waals surface area contributed by atoms with Crippen LogP contribution in [0.3, 0.4) is 0 Å². The Kier molecular flexibility index (Phi) is 13.3. The van der Waals surface area contributed by atoms with Crippen molar-refractivity contribution in [3.05, 3.63) is 24.3 Å². The van der Waals surface area contributed by atoms with Gasteiger partial charge in [0.1, 0.15) is 13.2 Å². The Labute approximate surface area is 142 Å². The second-order valence-electron chi connectivity index (χ2n) is 4.96. The quantitative estimate of drug-likeness (QED) is 0.265. The average molecular weight is 367 g/mol. The first-order chi connectivity index (χ1) is 10.9. The number of ether oxygens (including phenoxy) is 2. The molecule has 10 heteroatoms. The molecule has 0 aromatic heterocycles. The molecule has 0 aromatic rings. The molecule has 0 rings (SSSR count). The number of carbonyl (C=O) groups excluding carboxylic acids is 2. The highest BCUT2D eigenvalue weighted by Crippen LogP contribution is 2.35. The van der Waals surface area contributed by atoms with Crippen molar-refractivity contribution in [2.24, 2.45) is 0 Å². The molecule has 0 spiro atoms. The van der Waals surface area contributed by atoms with E-state index in [0.717, 1.165) is 6.54 Å². The monoisotopic (exact) mass is 367 g/mol. The number of phosphoric acid groups is 1. The summed E-state index contributed by atoms with van der Waals surface area (Å²) in [7, 11) is -0.613. The average Bonchev–Trinajstić information content (AvgIpc) is 2.42. The lowest BCUT2D eigenvalue weighted by Gasteiger charge is -2.09. The normalized spacial score (nSPS) is 10.5. The van der Waals surface area contributed by atoms with Crippen molar-refractivity contribution >= 4 is 19.8 Å². The molecule has 9 nitrogen and oxygen atoms in total. The van der Waals surface area contributed by atoms with Gasteiger partial charge in [0.05, 0.1) is 6.61 Å². The maximum atomic E-state index is 10.8. The van der Waals surface area contributed by atoms with E-state index in [9.17, 15) is 14.2 Å². The van der Waals surface area contributed by atoms with Gasteiger partial charge in [0, 0.05) is 17.7 Å². The van der Waals surface area contributed by atoms with Gasteiger partial charge < -0.3 is 24.2 Å². The van der Waals surface area contributed by atoms with Crippen LogP contribution < -0.4 is 0 Å². The van der Waals surface area contributed by atoms with E-state index in [1.807, 2.05) is 19.0 Å². The van der Waals surface area contributed by atoms with Gasteiger partial charge in [-0.25, -0.2) is 14.2 Å². The van der Waals surface area contributed by atoms with Crippen LogP contribution in [0.5, 0.6) is 0 Å². The summed E-state index contributed by atoms with van der Waals surface area (Å²) in [4.78, 5) is 39.9. The number of phosphoric ester groups is 1. The summed E-state index contributed by atoms with van der Waals surface area (Å²) in [5.74, 6) is -0.929. The third kappa shape index (κ3) is 18.5. The van der Waals surface area contributed by atoms with Crippen LogP contribution in [0, 0.1) is 0 Å². The summed E-state index contributed by atoms with van der Waals surface area (Å²) >= 11 is 0. The van der Waals surface area contributed by atoms with E-state index in [-0.39, 0.29) is 24.8 Å². The van der Waals surface area contributed by atoms with Crippen LogP contribution in [0.25, 0.3) is 0 Å². The number of hydrogen-bond donors (Lipinski definition) is 2. The van der Waals surface area contributed by atoms with Crippen molar-refractivity contribution in [2.75, 3.05) is 40.5 Å². The van der Waals surface area contributed by atoms with Crippen molar-refractivity contribution in [2.45, 2.75) is 13.8 Å². The molecule has 0 unspecified atom stereocenters. The molecule has 0 aliphatic heterocycles. The molecule has 2 N–H and O–H groups in total. The van der Waals surface area contributed by atoms with Crippen molar-refractivity contribution in [3.8, 4) is 0 Å². The van der Waals surface area contributed by atoms with Crippen LogP contribution in [0.15, 0.2) is 24.3 Å². The van der Waals surface area contributed by atoms with Crippen molar-refractivity contribution in [3.63, 3.8) is 0 Å². The molecule has 24 heavy (non-hydrogen) atoms. The summed E-state index contributed by atoms with van der Waals surface area (Å²) in [5, 5.41) is 0. The summed E-state index contributed by atoms with van der Waals surface area (Å²) in [6.07, 6.45) is 0. The zero-order valence-corrected chi connectivity index (χ0v) is 15.4. The van der Waals surface area contributed by atoms with Gasteiger partial charge in [-0.1, -0.05) is 13.2 Å². The molecule has 0 aromatic carbocycles. The SMILES string of the molecule is C=C(C)C(=O)OCCN(C)C.C=C(C)C(=O)OCCOP(=O)(O)O. The second-order valence-corrected chi connectivity index (χ2v) is 6.20. The van der Waals surface area contributed by atoms with E-state index in [0.29, 0.717) is 12.2 Å². The topological polar surface area (TPSA) is 123 Å². The highest BCUT2D eigenvalue weighted by Gasteiger charge is 2.13. The summed E-state index contributed by atoms with van der Waals surface area (Å²) in [6.45, 7) is 10.5. The Bertz CT molecular complexity index is 483. The number of likely N-dealkylation sites (N-methyl/N-ethyl adjacent to an activating group) is 1. The number of hydrogen-bond acceptors (Lipinski definition) is 7. The first-order valence-corrected chi connectivity index (χ1v) is 8.40. The van der Waals surface area contributed by atoms with Gasteiger partial charge in [0.25, 0.3) is 0 Å². The largest absolute Gasteiger partial charge is 0.469 e. The first kappa shape index (κ1) is 24.7. The second kappa shape index (κ2) is 12.9. The van der Waals surface area contributed by atoms with E-state index < -0.39 is 13.8 Å². The molecule has 0 heterocycles. The van der Waals surface area contributed by atoms with Crippen molar-refractivity contribution < 1.29 is 37.9 Å². The summed E-state index contributed by atoms with van der Waals surface area (Å²) < 4.78 is 23.5.